The van der Waals surface area contributed by atoms with Crippen LogP contribution in [0.2, 0.25) is 0 Å². The van der Waals surface area contributed by atoms with Crippen LogP contribution in [0.15, 0.2) is 0 Å². The molecule has 0 aromatic rings. The first kappa shape index (κ1) is 13.6. The SMILES string of the molecule is OCCN(CCC(F)(F)F)CC(F)F. The average Bonchev–Trinajstić information content (AvgIpc) is 1.98. The minimum absolute atomic E-state index is 0.166. The summed E-state index contributed by atoms with van der Waals surface area (Å²) >= 11 is 0. The number of hydrogen-bond acceptors (Lipinski definition) is 2. The van der Waals surface area contributed by atoms with E-state index in [1.165, 1.54) is 0 Å². The van der Waals surface area contributed by atoms with Crippen molar-refractivity contribution in [2.75, 3.05) is 26.2 Å². The second-order valence-electron chi connectivity index (χ2n) is 2.78. The van der Waals surface area contributed by atoms with E-state index in [-0.39, 0.29) is 6.54 Å². The summed E-state index contributed by atoms with van der Waals surface area (Å²) in [5, 5.41) is 8.41. The van der Waals surface area contributed by atoms with Gasteiger partial charge in [-0.1, -0.05) is 0 Å². The molecule has 0 atom stereocenters. The zero-order valence-electron chi connectivity index (χ0n) is 7.40. The fraction of sp³-hybridized carbons (Fsp3) is 1.00. The van der Waals surface area contributed by atoms with E-state index in [1.807, 2.05) is 0 Å². The Bertz CT molecular complexity index is 150. The summed E-state index contributed by atoms with van der Waals surface area (Å²) in [4.78, 5) is 0.887. The van der Waals surface area contributed by atoms with E-state index >= 15 is 0 Å². The number of halogens is 5. The maximum absolute atomic E-state index is 11.8. The molecule has 86 valence electrons. The summed E-state index contributed by atoms with van der Waals surface area (Å²) in [6.07, 6.45) is -8.18. The van der Waals surface area contributed by atoms with Crippen molar-refractivity contribution in [2.45, 2.75) is 19.0 Å². The Morgan fingerprint density at radius 1 is 1.14 bits per heavy atom. The van der Waals surface area contributed by atoms with Crippen molar-refractivity contribution >= 4 is 0 Å². The van der Waals surface area contributed by atoms with Crippen LogP contribution in [0, 0.1) is 0 Å². The van der Waals surface area contributed by atoms with Crippen LogP contribution in [0.4, 0.5) is 22.0 Å². The number of nitrogens with zero attached hydrogens (tertiary/aromatic N) is 1. The van der Waals surface area contributed by atoms with Gasteiger partial charge < -0.3 is 5.11 Å². The normalized spacial score (nSPS) is 12.9. The van der Waals surface area contributed by atoms with Crippen LogP contribution in [-0.2, 0) is 0 Å². The monoisotopic (exact) mass is 221 g/mol. The van der Waals surface area contributed by atoms with Crippen molar-refractivity contribution in [3.63, 3.8) is 0 Å². The lowest BCUT2D eigenvalue weighted by atomic mass is 10.3. The molecule has 0 amide bonds. The summed E-state index contributed by atoms with van der Waals surface area (Å²) in [5.74, 6) is 0. The molecule has 0 spiro atoms. The van der Waals surface area contributed by atoms with E-state index < -0.39 is 38.7 Å². The van der Waals surface area contributed by atoms with E-state index in [0.717, 1.165) is 4.90 Å². The third kappa shape index (κ3) is 8.18. The van der Waals surface area contributed by atoms with Crippen LogP contribution in [0.1, 0.15) is 6.42 Å². The zero-order chi connectivity index (χ0) is 11.2. The van der Waals surface area contributed by atoms with Gasteiger partial charge in [0.25, 0.3) is 6.43 Å². The maximum atomic E-state index is 11.8. The van der Waals surface area contributed by atoms with E-state index in [9.17, 15) is 22.0 Å². The first-order valence-corrected chi connectivity index (χ1v) is 4.03. The molecule has 0 fully saturated rings. The summed E-state index contributed by atoms with van der Waals surface area (Å²) in [6, 6.07) is 0. The number of aliphatic hydroxyl groups is 1. The highest BCUT2D eigenvalue weighted by Crippen LogP contribution is 2.19. The van der Waals surface area contributed by atoms with Gasteiger partial charge in [0.15, 0.2) is 0 Å². The van der Waals surface area contributed by atoms with Gasteiger partial charge in [-0.15, -0.1) is 0 Å². The minimum atomic E-state index is -4.35. The lowest BCUT2D eigenvalue weighted by Gasteiger charge is -2.21. The van der Waals surface area contributed by atoms with Gasteiger partial charge in [0.05, 0.1) is 19.6 Å². The molecule has 0 aliphatic rings. The molecule has 0 radical (unpaired) electrons. The Labute approximate surface area is 78.3 Å². The van der Waals surface area contributed by atoms with Gasteiger partial charge in [0.1, 0.15) is 0 Å². The van der Waals surface area contributed by atoms with Crippen molar-refractivity contribution in [3.05, 3.63) is 0 Å². The van der Waals surface area contributed by atoms with Gasteiger partial charge in [0.2, 0.25) is 0 Å². The molecule has 0 aromatic carbocycles. The Hall–Kier alpha value is -0.430. The molecule has 0 saturated carbocycles. The lowest BCUT2D eigenvalue weighted by Crippen LogP contribution is -2.34. The number of alkyl halides is 5. The Balaban J connectivity index is 3.84. The fourth-order valence-corrected chi connectivity index (χ4v) is 0.916. The smallest absolute Gasteiger partial charge is 0.390 e. The molecule has 0 aliphatic heterocycles. The van der Waals surface area contributed by atoms with E-state index in [4.69, 9.17) is 5.11 Å². The van der Waals surface area contributed by atoms with Gasteiger partial charge in [-0.25, -0.2) is 8.78 Å². The first-order valence-electron chi connectivity index (χ1n) is 4.03. The molecular weight excluding hydrogens is 209 g/mol. The van der Waals surface area contributed by atoms with Crippen molar-refractivity contribution < 1.29 is 27.1 Å². The van der Waals surface area contributed by atoms with Gasteiger partial charge >= 0.3 is 6.18 Å². The highest BCUT2D eigenvalue weighted by atomic mass is 19.4. The van der Waals surface area contributed by atoms with Gasteiger partial charge in [0, 0.05) is 13.1 Å². The Morgan fingerprint density at radius 2 is 1.71 bits per heavy atom. The molecular formula is C7H12F5NO. The van der Waals surface area contributed by atoms with Crippen molar-refractivity contribution in [3.8, 4) is 0 Å². The summed E-state index contributed by atoms with van der Waals surface area (Å²) in [5.41, 5.74) is 0. The zero-order valence-corrected chi connectivity index (χ0v) is 7.40. The van der Waals surface area contributed by atoms with Crippen molar-refractivity contribution in [2.24, 2.45) is 0 Å². The van der Waals surface area contributed by atoms with E-state index in [0.29, 0.717) is 0 Å². The van der Waals surface area contributed by atoms with Crippen LogP contribution in [-0.4, -0.2) is 48.8 Å². The predicted molar refractivity (Wildman–Crippen MR) is 40.2 cm³/mol. The third-order valence-corrected chi connectivity index (χ3v) is 1.52. The third-order valence-electron chi connectivity index (χ3n) is 1.52. The lowest BCUT2D eigenvalue weighted by molar-refractivity contribution is -0.139. The standard InChI is InChI=1S/C7H12F5NO/c8-6(9)5-13(3-4-14)2-1-7(10,11)12/h6,14H,1-5H2. The number of hydrogen-bond donors (Lipinski definition) is 1. The summed E-state index contributed by atoms with van der Waals surface area (Å²) in [6.45, 7) is -1.84. The molecule has 7 heteroatoms. The van der Waals surface area contributed by atoms with Crippen LogP contribution in [0.25, 0.3) is 0 Å². The van der Waals surface area contributed by atoms with Gasteiger partial charge in [-0.05, 0) is 0 Å². The Kier molecular flexibility index (Phi) is 5.94. The largest absolute Gasteiger partial charge is 0.395 e. The molecule has 0 aromatic heterocycles. The molecule has 1 N–H and O–H groups in total. The van der Waals surface area contributed by atoms with Crippen molar-refractivity contribution in [1.29, 1.82) is 0 Å². The molecule has 0 heterocycles. The molecule has 14 heavy (non-hydrogen) atoms. The molecule has 0 aliphatic carbocycles. The molecule has 0 unspecified atom stereocenters. The number of rotatable bonds is 6. The predicted octanol–water partition coefficient (Wildman–Crippen LogP) is 1.50. The van der Waals surface area contributed by atoms with Crippen molar-refractivity contribution in [1.82, 2.24) is 4.90 Å². The quantitative estimate of drug-likeness (QED) is 0.687. The average molecular weight is 221 g/mol. The second kappa shape index (κ2) is 6.13. The summed E-state index contributed by atoms with van der Waals surface area (Å²) in [7, 11) is 0. The van der Waals surface area contributed by atoms with E-state index in [1.54, 1.807) is 0 Å². The highest BCUT2D eigenvalue weighted by Gasteiger charge is 2.28. The molecule has 0 saturated heterocycles. The molecule has 0 rings (SSSR count). The van der Waals surface area contributed by atoms with Gasteiger partial charge in [-0.3, -0.25) is 4.90 Å². The molecule has 2 nitrogen and oxygen atoms in total. The second-order valence-corrected chi connectivity index (χ2v) is 2.78. The highest BCUT2D eigenvalue weighted by molar-refractivity contribution is 4.62. The van der Waals surface area contributed by atoms with Crippen LogP contribution in [0.5, 0.6) is 0 Å². The first-order chi connectivity index (χ1) is 6.35. The number of aliphatic hydroxyl groups excluding tert-OH is 1. The maximum Gasteiger partial charge on any atom is 0.390 e. The minimum Gasteiger partial charge on any atom is -0.395 e. The van der Waals surface area contributed by atoms with E-state index in [2.05, 4.69) is 0 Å². The topological polar surface area (TPSA) is 23.5 Å². The molecule has 0 bridgehead atoms. The van der Waals surface area contributed by atoms with Gasteiger partial charge in [-0.2, -0.15) is 13.2 Å². The van der Waals surface area contributed by atoms with Crippen LogP contribution >= 0.6 is 0 Å². The Morgan fingerprint density at radius 3 is 2.07 bits per heavy atom. The van der Waals surface area contributed by atoms with Crippen LogP contribution < -0.4 is 0 Å². The summed E-state index contributed by atoms with van der Waals surface area (Å²) < 4.78 is 58.8. The van der Waals surface area contributed by atoms with Crippen LogP contribution in [0.3, 0.4) is 0 Å². The fourth-order valence-electron chi connectivity index (χ4n) is 0.916.